The van der Waals surface area contributed by atoms with Gasteiger partial charge in [-0.15, -0.1) is 0 Å². The first kappa shape index (κ1) is 25.8. The van der Waals surface area contributed by atoms with E-state index in [2.05, 4.69) is 19.9 Å². The standard InChI is InChI=1S/C30H29F2N5O4/c1-40-28(39)25-17-6-7-18(25)14-36(13-17)30-33-11-19(12-34-30)16-8-9-24-35-26-22(38)10-21(27(26)37(24)15-16)20-4-2-3-5-23(20)41-29(31)32/h2-5,8-9,11-12,15,17-18,21-22,25,29,38H,6-7,10,13-14H2,1H3/t17-,18+,21-,22-,25+/m1/s1. The maximum Gasteiger partial charge on any atom is 0.387 e. The van der Waals surface area contributed by atoms with Gasteiger partial charge in [0.1, 0.15) is 11.4 Å². The lowest BCUT2D eigenvalue weighted by Crippen LogP contribution is -2.45. The normalized spacial score (nSPS) is 25.1. The Labute approximate surface area is 234 Å². The number of ether oxygens (including phenoxy) is 2. The zero-order chi connectivity index (χ0) is 28.2. The zero-order valence-electron chi connectivity index (χ0n) is 22.4. The Hall–Kier alpha value is -4.12. The Morgan fingerprint density at radius 2 is 1.78 bits per heavy atom. The highest BCUT2D eigenvalue weighted by Crippen LogP contribution is 2.47. The topological polar surface area (TPSA) is 102 Å². The average molecular weight is 562 g/mol. The molecule has 4 aromatic rings. The number of fused-ring (bicyclic) bond motifs is 5. The molecule has 2 aliphatic carbocycles. The summed E-state index contributed by atoms with van der Waals surface area (Å²) in [4.78, 5) is 28.4. The molecule has 4 heterocycles. The van der Waals surface area contributed by atoms with Crippen molar-refractivity contribution in [1.29, 1.82) is 0 Å². The lowest BCUT2D eigenvalue weighted by molar-refractivity contribution is -0.148. The molecule has 0 unspecified atom stereocenters. The number of benzene rings is 1. The monoisotopic (exact) mass is 561 g/mol. The van der Waals surface area contributed by atoms with E-state index in [1.54, 1.807) is 30.6 Å². The quantitative estimate of drug-likeness (QED) is 0.341. The summed E-state index contributed by atoms with van der Waals surface area (Å²) in [5, 5.41) is 10.8. The molecule has 1 N–H and O–H groups in total. The summed E-state index contributed by atoms with van der Waals surface area (Å²) in [5.41, 5.74) is 4.18. The van der Waals surface area contributed by atoms with Crippen molar-refractivity contribution in [3.8, 4) is 16.9 Å². The minimum Gasteiger partial charge on any atom is -0.469 e. The van der Waals surface area contributed by atoms with Crippen LogP contribution in [0.1, 0.15) is 48.2 Å². The van der Waals surface area contributed by atoms with E-state index in [1.165, 1.54) is 13.2 Å². The number of hydrogen-bond acceptors (Lipinski definition) is 8. The molecule has 1 saturated heterocycles. The number of carbonyl (C=O) groups is 1. The second kappa shape index (κ2) is 10.1. The highest BCUT2D eigenvalue weighted by Gasteiger charge is 2.47. The van der Waals surface area contributed by atoms with Crippen molar-refractivity contribution < 1.29 is 28.2 Å². The van der Waals surface area contributed by atoms with E-state index in [0.717, 1.165) is 42.8 Å². The lowest BCUT2D eigenvalue weighted by atomic mass is 9.85. The van der Waals surface area contributed by atoms with E-state index < -0.39 is 12.7 Å². The van der Waals surface area contributed by atoms with E-state index in [9.17, 15) is 18.7 Å². The van der Waals surface area contributed by atoms with Crippen LogP contribution in [0, 0.1) is 17.8 Å². The fraction of sp³-hybridized carbons (Fsp3) is 0.400. The first-order chi connectivity index (χ1) is 19.9. The summed E-state index contributed by atoms with van der Waals surface area (Å²) in [6.45, 7) is -1.50. The first-order valence-electron chi connectivity index (χ1n) is 13.8. The maximum absolute atomic E-state index is 13.1. The van der Waals surface area contributed by atoms with Crippen LogP contribution in [0.5, 0.6) is 5.75 Å². The van der Waals surface area contributed by atoms with Gasteiger partial charge in [-0.2, -0.15) is 8.78 Å². The van der Waals surface area contributed by atoms with Gasteiger partial charge in [0.25, 0.3) is 0 Å². The predicted octanol–water partition coefficient (Wildman–Crippen LogP) is 4.60. The van der Waals surface area contributed by atoms with E-state index >= 15 is 0 Å². The van der Waals surface area contributed by atoms with Crippen LogP contribution >= 0.6 is 0 Å². The molecule has 2 bridgehead atoms. The van der Waals surface area contributed by atoms with Crippen molar-refractivity contribution in [2.45, 2.75) is 37.9 Å². The number of piperidine rings is 1. The molecule has 5 atom stereocenters. The number of aromatic nitrogens is 4. The summed E-state index contributed by atoms with van der Waals surface area (Å²) < 4.78 is 38.0. The molecule has 0 radical (unpaired) electrons. The molecule has 0 spiro atoms. The largest absolute Gasteiger partial charge is 0.469 e. The highest BCUT2D eigenvalue weighted by molar-refractivity contribution is 5.74. The van der Waals surface area contributed by atoms with Gasteiger partial charge in [-0.05, 0) is 49.3 Å². The molecule has 9 nitrogen and oxygen atoms in total. The molecule has 41 heavy (non-hydrogen) atoms. The summed E-state index contributed by atoms with van der Waals surface area (Å²) in [7, 11) is 1.45. The number of para-hydroxylation sites is 1. The Kier molecular flexibility index (Phi) is 6.33. The number of pyridine rings is 1. The molecule has 0 amide bonds. The molecule has 11 heteroatoms. The summed E-state index contributed by atoms with van der Waals surface area (Å²) in [6, 6.07) is 10.5. The van der Waals surface area contributed by atoms with E-state index in [0.29, 0.717) is 29.3 Å². The first-order valence-corrected chi connectivity index (χ1v) is 13.8. The molecule has 1 aromatic carbocycles. The van der Waals surface area contributed by atoms with Crippen LogP contribution in [-0.2, 0) is 9.53 Å². The Bertz CT molecular complexity index is 1600. The lowest BCUT2D eigenvalue weighted by Gasteiger charge is -2.36. The number of aliphatic hydroxyl groups is 1. The number of esters is 1. The molecule has 7 rings (SSSR count). The van der Waals surface area contributed by atoms with E-state index in [-0.39, 0.29) is 35.4 Å². The SMILES string of the molecule is COC(=O)[C@H]1[C@@H]2CC[C@H]1CN(c1ncc(-c3ccc4nc5c(n4c3)[C@@H](c3ccccc3OC(F)F)C[C@H]5O)cn1)C2. The van der Waals surface area contributed by atoms with Gasteiger partial charge < -0.3 is 23.9 Å². The van der Waals surface area contributed by atoms with Crippen LogP contribution in [0.25, 0.3) is 16.8 Å². The van der Waals surface area contributed by atoms with Crippen molar-refractivity contribution in [1.82, 2.24) is 19.4 Å². The predicted molar refractivity (Wildman–Crippen MR) is 145 cm³/mol. The minimum absolute atomic E-state index is 0.0459. The number of hydrogen-bond donors (Lipinski definition) is 1. The smallest absolute Gasteiger partial charge is 0.387 e. The summed E-state index contributed by atoms with van der Waals surface area (Å²) in [5.74, 6) is 0.681. The zero-order valence-corrected chi connectivity index (χ0v) is 22.4. The van der Waals surface area contributed by atoms with Gasteiger partial charge in [-0.25, -0.2) is 15.0 Å². The van der Waals surface area contributed by atoms with Crippen molar-refractivity contribution >= 4 is 17.6 Å². The molecule has 3 aromatic heterocycles. The third-order valence-electron chi connectivity index (χ3n) is 8.86. The van der Waals surface area contributed by atoms with Gasteiger partial charge in [0.2, 0.25) is 5.95 Å². The highest BCUT2D eigenvalue weighted by atomic mass is 19.3. The number of aliphatic hydroxyl groups excluding tert-OH is 1. The second-order valence-electron chi connectivity index (χ2n) is 11.1. The Morgan fingerprint density at radius 3 is 2.49 bits per heavy atom. The van der Waals surface area contributed by atoms with Crippen molar-refractivity contribution in [2.24, 2.45) is 17.8 Å². The number of rotatable bonds is 6. The number of imidazole rings is 1. The number of anilines is 1. The second-order valence-corrected chi connectivity index (χ2v) is 11.1. The molecular weight excluding hydrogens is 532 g/mol. The molecular formula is C30H29F2N5O4. The van der Waals surface area contributed by atoms with E-state index in [4.69, 9.17) is 9.47 Å². The molecule has 3 aliphatic rings. The van der Waals surface area contributed by atoms with Crippen molar-refractivity contribution in [3.63, 3.8) is 0 Å². The van der Waals surface area contributed by atoms with Gasteiger partial charge in [-0.1, -0.05) is 18.2 Å². The molecule has 2 fully saturated rings. The maximum atomic E-state index is 13.1. The minimum atomic E-state index is -2.95. The van der Waals surface area contributed by atoms with Crippen LogP contribution < -0.4 is 9.64 Å². The summed E-state index contributed by atoms with van der Waals surface area (Å²) >= 11 is 0. The fourth-order valence-corrected chi connectivity index (χ4v) is 7.08. The average Bonchev–Trinajstić information content (AvgIpc) is 3.60. The number of halogens is 2. The van der Waals surface area contributed by atoms with Crippen LogP contribution in [-0.4, -0.2) is 57.2 Å². The van der Waals surface area contributed by atoms with Gasteiger partial charge in [0.15, 0.2) is 0 Å². The number of carbonyl (C=O) groups excluding carboxylic acids is 1. The van der Waals surface area contributed by atoms with Crippen LogP contribution in [0.15, 0.2) is 55.0 Å². The van der Waals surface area contributed by atoms with Crippen molar-refractivity contribution in [3.05, 3.63) is 71.9 Å². The van der Waals surface area contributed by atoms with Gasteiger partial charge in [0.05, 0.1) is 30.5 Å². The van der Waals surface area contributed by atoms with E-state index in [1.807, 2.05) is 22.7 Å². The van der Waals surface area contributed by atoms with Crippen LogP contribution in [0.4, 0.5) is 14.7 Å². The van der Waals surface area contributed by atoms with Crippen molar-refractivity contribution in [2.75, 3.05) is 25.1 Å². The molecule has 1 aliphatic heterocycles. The Morgan fingerprint density at radius 1 is 1.05 bits per heavy atom. The van der Waals surface area contributed by atoms with Gasteiger partial charge in [0, 0.05) is 54.3 Å². The fourth-order valence-electron chi connectivity index (χ4n) is 7.08. The summed E-state index contributed by atoms with van der Waals surface area (Å²) in [6.07, 6.45) is 6.99. The third kappa shape index (κ3) is 4.39. The Balaban J connectivity index is 1.18. The van der Waals surface area contributed by atoms with Crippen LogP contribution in [0.2, 0.25) is 0 Å². The van der Waals surface area contributed by atoms with Crippen LogP contribution in [0.3, 0.4) is 0 Å². The number of nitrogens with zero attached hydrogens (tertiary/aromatic N) is 5. The van der Waals surface area contributed by atoms with Gasteiger partial charge in [-0.3, -0.25) is 4.79 Å². The molecule has 212 valence electrons. The number of methoxy groups -OCH3 is 1. The molecule has 1 saturated carbocycles. The number of alkyl halides is 2. The third-order valence-corrected chi connectivity index (χ3v) is 8.86. The van der Waals surface area contributed by atoms with Gasteiger partial charge >= 0.3 is 12.6 Å².